The van der Waals surface area contributed by atoms with Gasteiger partial charge in [0.1, 0.15) is 11.3 Å². The smallest absolute Gasteiger partial charge is 0.249 e. The van der Waals surface area contributed by atoms with Crippen LogP contribution in [0.4, 0.5) is 0 Å². The highest BCUT2D eigenvalue weighted by atomic mass is 35.5. The molecule has 2 N–H and O–H groups in total. The molecule has 0 spiro atoms. The number of phenolic OH excluding ortho intramolecular Hbond substituents is 1. The first kappa shape index (κ1) is 24.3. The lowest BCUT2D eigenvalue weighted by molar-refractivity contribution is -0.167. The predicted molar refractivity (Wildman–Crippen MR) is 144 cm³/mol. The van der Waals surface area contributed by atoms with E-state index in [4.69, 9.17) is 11.6 Å². The zero-order valence-electron chi connectivity index (χ0n) is 21.3. The number of halogens is 1. The molecule has 2 fully saturated rings. The van der Waals surface area contributed by atoms with Crippen molar-refractivity contribution >= 4 is 34.3 Å². The van der Waals surface area contributed by atoms with Gasteiger partial charge in [0.2, 0.25) is 11.8 Å². The van der Waals surface area contributed by atoms with Crippen molar-refractivity contribution in [2.75, 3.05) is 32.7 Å². The molecule has 2 amide bonds. The molecule has 2 atom stereocenters. The first-order valence-corrected chi connectivity index (χ1v) is 13.6. The molecule has 6 rings (SSSR count). The van der Waals surface area contributed by atoms with Crippen molar-refractivity contribution < 1.29 is 14.7 Å². The highest BCUT2D eigenvalue weighted by Gasteiger charge is 2.56. The third-order valence-electron chi connectivity index (χ3n) is 8.58. The van der Waals surface area contributed by atoms with Crippen LogP contribution in [0, 0.1) is 5.92 Å². The molecule has 0 saturated carbocycles. The van der Waals surface area contributed by atoms with Crippen molar-refractivity contribution in [1.29, 1.82) is 0 Å². The van der Waals surface area contributed by atoms with Gasteiger partial charge in [-0.3, -0.25) is 9.59 Å². The monoisotopic (exact) mass is 520 g/mol. The fourth-order valence-corrected chi connectivity index (χ4v) is 6.67. The Hall–Kier alpha value is -3.03. The number of aromatic nitrogens is 1. The summed E-state index contributed by atoms with van der Waals surface area (Å²) in [6.07, 6.45) is 2.76. The number of hydrogen-bond acceptors (Lipinski definition) is 4. The number of nitrogens with zero attached hydrogens (tertiary/aromatic N) is 3. The zero-order chi connectivity index (χ0) is 25.9. The number of piperidine rings is 1. The Morgan fingerprint density at radius 1 is 1.11 bits per heavy atom. The number of amides is 2. The van der Waals surface area contributed by atoms with Crippen molar-refractivity contribution in [3.05, 3.63) is 64.3 Å². The van der Waals surface area contributed by atoms with Gasteiger partial charge in [0, 0.05) is 41.1 Å². The maximum Gasteiger partial charge on any atom is 0.249 e. The van der Waals surface area contributed by atoms with E-state index >= 15 is 0 Å². The van der Waals surface area contributed by atoms with E-state index in [1.54, 1.807) is 28.0 Å². The minimum Gasteiger partial charge on any atom is -0.508 e. The van der Waals surface area contributed by atoms with Crippen molar-refractivity contribution in [3.63, 3.8) is 0 Å². The standard InChI is InChI=1S/C29H33ClN4O3/c1-18-8-10-32(11-9-18)12-13-33-17-25(36)34-27(19-4-3-5-21(35)14-19)26-23(16-29(34,2)28(33)37)22-15-20(30)6-7-24(22)31-26/h3-7,14-15,18,27,31,35H,8-13,16-17H2,1-2H3/t27-,29+/m1/s1. The van der Waals surface area contributed by atoms with Gasteiger partial charge in [0.15, 0.2) is 0 Å². The second-order valence-corrected chi connectivity index (χ2v) is 11.6. The molecule has 3 aliphatic heterocycles. The predicted octanol–water partition coefficient (Wildman–Crippen LogP) is 4.33. The molecule has 4 heterocycles. The molecule has 7 nitrogen and oxygen atoms in total. The second-order valence-electron chi connectivity index (χ2n) is 11.2. The number of carbonyl (C=O) groups is 2. The van der Waals surface area contributed by atoms with E-state index in [0.29, 0.717) is 18.0 Å². The number of nitrogens with one attached hydrogen (secondary N) is 1. The number of hydrogen-bond donors (Lipinski definition) is 2. The summed E-state index contributed by atoms with van der Waals surface area (Å²) >= 11 is 6.37. The number of H-pyrrole nitrogens is 1. The third kappa shape index (κ3) is 4.09. The van der Waals surface area contributed by atoms with Gasteiger partial charge in [0.05, 0.1) is 12.6 Å². The zero-order valence-corrected chi connectivity index (χ0v) is 22.1. The van der Waals surface area contributed by atoms with E-state index in [2.05, 4.69) is 16.8 Å². The van der Waals surface area contributed by atoms with Crippen molar-refractivity contribution in [2.45, 2.75) is 44.7 Å². The number of rotatable bonds is 4. The summed E-state index contributed by atoms with van der Waals surface area (Å²) in [4.78, 5) is 37.4. The number of likely N-dealkylation sites (tertiary alicyclic amines) is 1. The van der Waals surface area contributed by atoms with E-state index in [1.807, 2.05) is 31.2 Å². The third-order valence-corrected chi connectivity index (χ3v) is 8.81. The Labute approximate surface area is 222 Å². The minimum atomic E-state index is -1.05. The topological polar surface area (TPSA) is 79.9 Å². The molecule has 37 heavy (non-hydrogen) atoms. The van der Waals surface area contributed by atoms with Crippen molar-refractivity contribution in [2.24, 2.45) is 5.92 Å². The molecule has 194 valence electrons. The Kier molecular flexibility index (Phi) is 5.96. The minimum absolute atomic E-state index is 0.0235. The lowest BCUT2D eigenvalue weighted by Gasteiger charge is -2.53. The van der Waals surface area contributed by atoms with Gasteiger partial charge < -0.3 is 24.8 Å². The molecular weight excluding hydrogens is 488 g/mol. The number of fused-ring (bicyclic) bond motifs is 4. The van der Waals surface area contributed by atoms with Gasteiger partial charge in [-0.15, -0.1) is 0 Å². The highest BCUT2D eigenvalue weighted by molar-refractivity contribution is 6.31. The fraction of sp³-hybridized carbons (Fsp3) is 0.448. The maximum absolute atomic E-state index is 14.2. The Bertz CT molecular complexity index is 1380. The molecule has 1 aromatic heterocycles. The first-order valence-electron chi connectivity index (χ1n) is 13.2. The lowest BCUT2D eigenvalue weighted by Crippen LogP contribution is -2.70. The molecule has 8 heteroatoms. The van der Waals surface area contributed by atoms with Gasteiger partial charge in [-0.2, -0.15) is 0 Å². The average molecular weight is 521 g/mol. The van der Waals surface area contributed by atoms with Gasteiger partial charge in [-0.05, 0) is 80.2 Å². The Morgan fingerprint density at radius 2 is 1.89 bits per heavy atom. The molecule has 2 aromatic carbocycles. The molecule has 3 aromatic rings. The van der Waals surface area contributed by atoms with Crippen LogP contribution in [0.5, 0.6) is 5.75 Å². The largest absolute Gasteiger partial charge is 0.508 e. The summed E-state index contributed by atoms with van der Waals surface area (Å²) in [5.41, 5.74) is 2.50. The molecular formula is C29H33ClN4O3. The van der Waals surface area contributed by atoms with E-state index in [-0.39, 0.29) is 24.1 Å². The fourth-order valence-electron chi connectivity index (χ4n) is 6.50. The normalized spacial score (nSPS) is 25.0. The van der Waals surface area contributed by atoms with Gasteiger partial charge in [0.25, 0.3) is 0 Å². The van der Waals surface area contributed by atoms with Crippen molar-refractivity contribution in [3.8, 4) is 5.75 Å². The quantitative estimate of drug-likeness (QED) is 0.536. The summed E-state index contributed by atoms with van der Waals surface area (Å²) in [7, 11) is 0. The molecule has 0 bridgehead atoms. The average Bonchev–Trinajstić information content (AvgIpc) is 3.22. The summed E-state index contributed by atoms with van der Waals surface area (Å²) in [6.45, 7) is 7.66. The number of aromatic amines is 1. The van der Waals surface area contributed by atoms with Crippen LogP contribution in [0.15, 0.2) is 42.5 Å². The van der Waals surface area contributed by atoms with Crippen LogP contribution in [-0.4, -0.2) is 74.9 Å². The molecule has 0 aliphatic carbocycles. The Morgan fingerprint density at radius 3 is 2.65 bits per heavy atom. The SMILES string of the molecule is CC1CCN(CCN2CC(=O)N3[C@H](c4cccc(O)c4)c4[nH]c5ccc(Cl)cc5c4C[C@@]3(C)C2=O)CC1. The van der Waals surface area contributed by atoms with Crippen LogP contribution in [-0.2, 0) is 16.0 Å². The first-order chi connectivity index (χ1) is 17.7. The van der Waals surface area contributed by atoms with E-state index in [9.17, 15) is 14.7 Å². The van der Waals surface area contributed by atoms with E-state index < -0.39 is 11.6 Å². The lowest BCUT2D eigenvalue weighted by atomic mass is 9.78. The summed E-state index contributed by atoms with van der Waals surface area (Å²) < 4.78 is 0. The van der Waals surface area contributed by atoms with Crippen molar-refractivity contribution in [1.82, 2.24) is 19.7 Å². The summed E-state index contributed by atoms with van der Waals surface area (Å²) in [5.74, 6) is 0.769. The molecule has 0 unspecified atom stereocenters. The van der Waals surface area contributed by atoms with E-state index in [0.717, 1.165) is 53.3 Å². The number of benzene rings is 2. The molecule has 2 saturated heterocycles. The highest BCUT2D eigenvalue weighted by Crippen LogP contribution is 2.47. The van der Waals surface area contributed by atoms with Gasteiger partial charge >= 0.3 is 0 Å². The van der Waals surface area contributed by atoms with Crippen LogP contribution in [0.1, 0.15) is 49.6 Å². The van der Waals surface area contributed by atoms with Crippen LogP contribution < -0.4 is 0 Å². The van der Waals surface area contributed by atoms with Crippen LogP contribution >= 0.6 is 11.6 Å². The van der Waals surface area contributed by atoms with Gasteiger partial charge in [-0.1, -0.05) is 30.7 Å². The van der Waals surface area contributed by atoms with Crippen LogP contribution in [0.3, 0.4) is 0 Å². The number of carbonyl (C=O) groups excluding carboxylic acids is 2. The van der Waals surface area contributed by atoms with Crippen LogP contribution in [0.2, 0.25) is 5.02 Å². The Balaban J connectivity index is 1.40. The number of phenols is 1. The second kappa shape index (κ2) is 9.07. The summed E-state index contributed by atoms with van der Waals surface area (Å²) in [5, 5.41) is 11.9. The number of piperazine rings is 1. The number of aromatic hydroxyl groups is 1. The summed E-state index contributed by atoms with van der Waals surface area (Å²) in [6, 6.07) is 12.2. The molecule has 0 radical (unpaired) electrons. The van der Waals surface area contributed by atoms with E-state index in [1.165, 1.54) is 12.8 Å². The molecule has 3 aliphatic rings. The maximum atomic E-state index is 14.2. The van der Waals surface area contributed by atoms with Gasteiger partial charge in [-0.25, -0.2) is 0 Å². The van der Waals surface area contributed by atoms with Crippen LogP contribution in [0.25, 0.3) is 10.9 Å².